The molecule has 1 aromatic heterocycles. The van der Waals surface area contributed by atoms with Crippen LogP contribution in [0.15, 0.2) is 0 Å². The molecule has 0 saturated carbocycles. The quantitative estimate of drug-likeness (QED) is 0.661. The number of piperidine rings is 1. The van der Waals surface area contributed by atoms with Gasteiger partial charge in [-0.1, -0.05) is 11.3 Å². The SMILES string of the molecule is COC(=O)c1nc(NCC2CCN(C)CC2)sc1C(C)=O. The van der Waals surface area contributed by atoms with E-state index in [4.69, 9.17) is 0 Å². The largest absolute Gasteiger partial charge is 0.464 e. The average molecular weight is 311 g/mol. The first kappa shape index (κ1) is 15.9. The zero-order valence-electron chi connectivity index (χ0n) is 12.6. The van der Waals surface area contributed by atoms with Crippen LogP contribution in [0.5, 0.6) is 0 Å². The number of nitrogens with one attached hydrogen (secondary N) is 1. The number of ketones is 1. The van der Waals surface area contributed by atoms with Crippen LogP contribution in [0.4, 0.5) is 5.13 Å². The summed E-state index contributed by atoms with van der Waals surface area (Å²) in [6, 6.07) is 0. The number of aromatic nitrogens is 1. The smallest absolute Gasteiger partial charge is 0.358 e. The Labute approximate surface area is 128 Å². The number of nitrogens with zero attached hydrogens (tertiary/aromatic N) is 2. The summed E-state index contributed by atoms with van der Waals surface area (Å²) in [7, 11) is 3.42. The molecule has 21 heavy (non-hydrogen) atoms. The van der Waals surface area contributed by atoms with E-state index in [9.17, 15) is 9.59 Å². The van der Waals surface area contributed by atoms with Crippen LogP contribution < -0.4 is 5.32 Å². The molecule has 0 unspecified atom stereocenters. The Kier molecular flexibility index (Phi) is 5.30. The highest BCUT2D eigenvalue weighted by molar-refractivity contribution is 7.17. The van der Waals surface area contributed by atoms with Crippen molar-refractivity contribution in [3.05, 3.63) is 10.6 Å². The number of ether oxygens (including phenoxy) is 1. The summed E-state index contributed by atoms with van der Waals surface area (Å²) in [5.41, 5.74) is 0.112. The lowest BCUT2D eigenvalue weighted by atomic mass is 9.97. The fourth-order valence-corrected chi connectivity index (χ4v) is 3.22. The number of carbonyl (C=O) groups excluding carboxylic acids is 2. The number of carbonyl (C=O) groups is 2. The van der Waals surface area contributed by atoms with Crippen molar-refractivity contribution in [2.75, 3.05) is 39.1 Å². The van der Waals surface area contributed by atoms with Crippen LogP contribution in [0.1, 0.15) is 39.9 Å². The minimum atomic E-state index is -0.566. The Balaban J connectivity index is 2.00. The topological polar surface area (TPSA) is 71.5 Å². The second-order valence-electron chi connectivity index (χ2n) is 5.37. The summed E-state index contributed by atoms with van der Waals surface area (Å²) in [5, 5.41) is 3.86. The third kappa shape index (κ3) is 4.01. The lowest BCUT2D eigenvalue weighted by Crippen LogP contribution is -2.32. The van der Waals surface area contributed by atoms with E-state index in [-0.39, 0.29) is 11.5 Å². The molecule has 2 heterocycles. The van der Waals surface area contributed by atoms with Crippen molar-refractivity contribution < 1.29 is 14.3 Å². The second-order valence-corrected chi connectivity index (χ2v) is 6.37. The van der Waals surface area contributed by atoms with E-state index < -0.39 is 5.97 Å². The summed E-state index contributed by atoms with van der Waals surface area (Å²) in [4.78, 5) is 30.1. The van der Waals surface area contributed by atoms with Gasteiger partial charge < -0.3 is 15.0 Å². The van der Waals surface area contributed by atoms with Gasteiger partial charge in [-0.2, -0.15) is 0 Å². The van der Waals surface area contributed by atoms with Crippen LogP contribution in [0.3, 0.4) is 0 Å². The molecule has 6 nitrogen and oxygen atoms in total. The molecular weight excluding hydrogens is 290 g/mol. The third-order valence-corrected chi connectivity index (χ3v) is 4.82. The highest BCUT2D eigenvalue weighted by Gasteiger charge is 2.22. The van der Waals surface area contributed by atoms with E-state index in [0.29, 0.717) is 15.9 Å². The number of hydrogen-bond acceptors (Lipinski definition) is 7. The van der Waals surface area contributed by atoms with Gasteiger partial charge in [-0.15, -0.1) is 0 Å². The molecule has 0 spiro atoms. The molecule has 0 aliphatic carbocycles. The standard InChI is InChI=1S/C14H21N3O3S/c1-9(18)12-11(13(19)20-3)16-14(21-12)15-8-10-4-6-17(2)7-5-10/h10H,4-8H2,1-3H3,(H,15,16). The fraction of sp³-hybridized carbons (Fsp3) is 0.643. The lowest BCUT2D eigenvalue weighted by Gasteiger charge is -2.28. The monoisotopic (exact) mass is 311 g/mol. The van der Waals surface area contributed by atoms with Gasteiger partial charge in [-0.25, -0.2) is 9.78 Å². The van der Waals surface area contributed by atoms with Gasteiger partial charge in [-0.3, -0.25) is 4.79 Å². The number of thiazole rings is 1. The zero-order chi connectivity index (χ0) is 15.4. The number of Topliss-reactive ketones (excluding diaryl/α,β-unsaturated/α-hetero) is 1. The fourth-order valence-electron chi connectivity index (χ4n) is 2.37. The number of esters is 1. The number of rotatable bonds is 5. The molecule has 7 heteroatoms. The van der Waals surface area contributed by atoms with Gasteiger partial charge in [0.25, 0.3) is 0 Å². The first-order chi connectivity index (χ1) is 10.0. The molecule has 0 radical (unpaired) electrons. The zero-order valence-corrected chi connectivity index (χ0v) is 13.5. The molecule has 0 bridgehead atoms. The van der Waals surface area contributed by atoms with Gasteiger partial charge in [0.2, 0.25) is 0 Å². The Bertz CT molecular complexity index is 522. The molecule has 1 aliphatic heterocycles. The van der Waals surface area contributed by atoms with Gasteiger partial charge >= 0.3 is 5.97 Å². The van der Waals surface area contributed by atoms with Crippen molar-refractivity contribution in [2.24, 2.45) is 5.92 Å². The molecule has 1 fully saturated rings. The molecule has 2 rings (SSSR count). The van der Waals surface area contributed by atoms with Crippen molar-refractivity contribution in [3.8, 4) is 0 Å². The normalized spacial score (nSPS) is 16.7. The van der Waals surface area contributed by atoms with Crippen LogP contribution >= 0.6 is 11.3 Å². The molecule has 1 saturated heterocycles. The summed E-state index contributed by atoms with van der Waals surface area (Å²) in [5.74, 6) is -0.128. The number of hydrogen-bond donors (Lipinski definition) is 1. The van der Waals surface area contributed by atoms with Crippen LogP contribution in [0.25, 0.3) is 0 Å². The van der Waals surface area contributed by atoms with Crippen LogP contribution in [0, 0.1) is 5.92 Å². The van der Waals surface area contributed by atoms with Gasteiger partial charge in [0, 0.05) is 13.5 Å². The maximum Gasteiger partial charge on any atom is 0.358 e. The van der Waals surface area contributed by atoms with E-state index in [1.807, 2.05) is 0 Å². The van der Waals surface area contributed by atoms with Crippen molar-refractivity contribution in [2.45, 2.75) is 19.8 Å². The van der Waals surface area contributed by atoms with Crippen molar-refractivity contribution in [3.63, 3.8) is 0 Å². The third-order valence-electron chi connectivity index (χ3n) is 3.71. The van der Waals surface area contributed by atoms with Gasteiger partial charge in [0.15, 0.2) is 16.6 Å². The lowest BCUT2D eigenvalue weighted by molar-refractivity contribution is 0.0591. The van der Waals surface area contributed by atoms with Crippen molar-refractivity contribution in [1.29, 1.82) is 0 Å². The predicted octanol–water partition coefficient (Wildman–Crippen LogP) is 1.89. The first-order valence-corrected chi connectivity index (χ1v) is 7.85. The van der Waals surface area contributed by atoms with Crippen LogP contribution in [-0.4, -0.2) is 55.4 Å². The number of methoxy groups -OCH3 is 1. The van der Waals surface area contributed by atoms with Crippen LogP contribution in [-0.2, 0) is 4.74 Å². The molecule has 1 N–H and O–H groups in total. The van der Waals surface area contributed by atoms with Crippen LogP contribution in [0.2, 0.25) is 0 Å². The molecule has 0 aromatic carbocycles. The van der Waals surface area contributed by atoms with E-state index in [1.54, 1.807) is 0 Å². The first-order valence-electron chi connectivity index (χ1n) is 7.03. The highest BCUT2D eigenvalue weighted by Crippen LogP contribution is 2.25. The molecule has 0 amide bonds. The number of likely N-dealkylation sites (tertiary alicyclic amines) is 1. The van der Waals surface area contributed by atoms with Gasteiger partial charge in [0.05, 0.1) is 7.11 Å². The Hall–Kier alpha value is -1.47. The number of anilines is 1. The van der Waals surface area contributed by atoms with Gasteiger partial charge in [0.1, 0.15) is 4.88 Å². The maximum absolute atomic E-state index is 11.6. The predicted molar refractivity (Wildman–Crippen MR) is 82.2 cm³/mol. The van der Waals surface area contributed by atoms with E-state index in [0.717, 1.165) is 32.5 Å². The van der Waals surface area contributed by atoms with E-state index >= 15 is 0 Å². The summed E-state index contributed by atoms with van der Waals surface area (Å²) >= 11 is 1.22. The average Bonchev–Trinajstić information content (AvgIpc) is 2.90. The Morgan fingerprint density at radius 2 is 2.10 bits per heavy atom. The molecule has 1 aromatic rings. The second kappa shape index (κ2) is 7.00. The maximum atomic E-state index is 11.6. The highest BCUT2D eigenvalue weighted by atomic mass is 32.1. The van der Waals surface area contributed by atoms with Crippen molar-refractivity contribution in [1.82, 2.24) is 9.88 Å². The minimum absolute atomic E-state index is 0.112. The van der Waals surface area contributed by atoms with Crippen molar-refractivity contribution >= 4 is 28.2 Å². The molecule has 1 aliphatic rings. The summed E-state index contributed by atoms with van der Waals surface area (Å²) < 4.78 is 4.67. The Morgan fingerprint density at radius 3 is 2.67 bits per heavy atom. The summed E-state index contributed by atoms with van der Waals surface area (Å²) in [6.45, 7) is 4.46. The summed E-state index contributed by atoms with van der Waals surface area (Å²) in [6.07, 6.45) is 2.30. The van der Waals surface area contributed by atoms with E-state index in [2.05, 4.69) is 27.0 Å². The molecule has 0 atom stereocenters. The molecular formula is C14H21N3O3S. The minimum Gasteiger partial charge on any atom is -0.464 e. The van der Waals surface area contributed by atoms with E-state index in [1.165, 1.54) is 25.4 Å². The van der Waals surface area contributed by atoms with Gasteiger partial charge in [-0.05, 0) is 38.9 Å². The Morgan fingerprint density at radius 1 is 1.43 bits per heavy atom. The molecule has 116 valence electrons.